The SMILES string of the molecule is Cn1cnc(C(=O)N2CCC[C@H]2Cn2cc(C3CC3)nn2)c1. The highest BCUT2D eigenvalue weighted by Crippen LogP contribution is 2.38. The van der Waals surface area contributed by atoms with Crippen LogP contribution in [0.5, 0.6) is 0 Å². The van der Waals surface area contributed by atoms with Gasteiger partial charge in [-0.15, -0.1) is 5.10 Å². The van der Waals surface area contributed by atoms with Gasteiger partial charge in [0.2, 0.25) is 0 Å². The van der Waals surface area contributed by atoms with Gasteiger partial charge >= 0.3 is 0 Å². The first-order valence-electron chi connectivity index (χ1n) is 7.89. The molecule has 1 aliphatic heterocycles. The van der Waals surface area contributed by atoms with Gasteiger partial charge < -0.3 is 9.47 Å². The summed E-state index contributed by atoms with van der Waals surface area (Å²) in [7, 11) is 1.88. The molecule has 0 aromatic carbocycles. The van der Waals surface area contributed by atoms with E-state index in [0.29, 0.717) is 11.6 Å². The van der Waals surface area contributed by atoms with Crippen molar-refractivity contribution in [2.24, 2.45) is 7.05 Å². The lowest BCUT2D eigenvalue weighted by atomic mass is 10.2. The number of likely N-dealkylation sites (tertiary alicyclic amines) is 1. The molecule has 7 nitrogen and oxygen atoms in total. The number of carbonyl (C=O) groups is 1. The van der Waals surface area contributed by atoms with Crippen molar-refractivity contribution in [1.29, 1.82) is 0 Å². The van der Waals surface area contributed by atoms with E-state index in [1.165, 1.54) is 12.8 Å². The van der Waals surface area contributed by atoms with E-state index in [2.05, 4.69) is 15.3 Å². The van der Waals surface area contributed by atoms with Crippen molar-refractivity contribution in [3.05, 3.63) is 30.1 Å². The molecule has 2 aliphatic rings. The number of nitrogens with zero attached hydrogens (tertiary/aromatic N) is 6. The second kappa shape index (κ2) is 5.23. The Morgan fingerprint density at radius 1 is 1.32 bits per heavy atom. The van der Waals surface area contributed by atoms with Gasteiger partial charge in [0.25, 0.3) is 5.91 Å². The summed E-state index contributed by atoms with van der Waals surface area (Å²) in [6, 6.07) is 0.184. The van der Waals surface area contributed by atoms with Crippen molar-refractivity contribution in [3.8, 4) is 0 Å². The quantitative estimate of drug-likeness (QED) is 0.850. The monoisotopic (exact) mass is 300 g/mol. The van der Waals surface area contributed by atoms with E-state index in [0.717, 1.165) is 31.6 Å². The van der Waals surface area contributed by atoms with Crippen LogP contribution in [0.2, 0.25) is 0 Å². The molecule has 2 fully saturated rings. The third kappa shape index (κ3) is 2.51. The van der Waals surface area contributed by atoms with Crippen LogP contribution in [0, 0.1) is 0 Å². The Labute approximate surface area is 128 Å². The van der Waals surface area contributed by atoms with Crippen LogP contribution >= 0.6 is 0 Å². The third-order valence-corrected chi connectivity index (χ3v) is 4.51. The van der Waals surface area contributed by atoms with Gasteiger partial charge in [-0.05, 0) is 25.7 Å². The minimum Gasteiger partial charge on any atom is -0.340 e. The fourth-order valence-electron chi connectivity index (χ4n) is 3.15. The summed E-state index contributed by atoms with van der Waals surface area (Å²) in [5.41, 5.74) is 1.62. The van der Waals surface area contributed by atoms with Crippen molar-refractivity contribution in [3.63, 3.8) is 0 Å². The number of aromatic nitrogens is 5. The van der Waals surface area contributed by atoms with Crippen LogP contribution < -0.4 is 0 Å². The average molecular weight is 300 g/mol. The molecule has 0 N–H and O–H groups in total. The van der Waals surface area contributed by atoms with Crippen molar-refractivity contribution >= 4 is 5.91 Å². The summed E-state index contributed by atoms with van der Waals surface area (Å²) in [4.78, 5) is 18.7. The van der Waals surface area contributed by atoms with Crippen LogP contribution in [0.25, 0.3) is 0 Å². The molecule has 2 aromatic rings. The van der Waals surface area contributed by atoms with E-state index in [1.807, 2.05) is 22.8 Å². The van der Waals surface area contributed by atoms with Gasteiger partial charge in [-0.1, -0.05) is 5.21 Å². The lowest BCUT2D eigenvalue weighted by Crippen LogP contribution is -2.38. The largest absolute Gasteiger partial charge is 0.340 e. The number of amides is 1. The molecule has 1 saturated heterocycles. The normalized spacial score (nSPS) is 21.5. The first kappa shape index (κ1) is 13.5. The molecule has 1 atom stereocenters. The molecule has 1 saturated carbocycles. The smallest absolute Gasteiger partial charge is 0.274 e. The Hall–Kier alpha value is -2.18. The van der Waals surface area contributed by atoms with E-state index in [9.17, 15) is 4.79 Å². The lowest BCUT2D eigenvalue weighted by molar-refractivity contribution is 0.0715. The minimum absolute atomic E-state index is 0.0191. The lowest BCUT2D eigenvalue weighted by Gasteiger charge is -2.23. The summed E-state index contributed by atoms with van der Waals surface area (Å²) in [6.45, 7) is 1.52. The zero-order valence-corrected chi connectivity index (χ0v) is 12.7. The topological polar surface area (TPSA) is 68.8 Å². The standard InChI is InChI=1S/C15H20N6O/c1-19-8-14(16-10-19)15(22)21-6-2-3-12(21)7-20-9-13(17-18-20)11-4-5-11/h8-12H,2-7H2,1H3/t12-/m0/s1. The Morgan fingerprint density at radius 2 is 2.18 bits per heavy atom. The van der Waals surface area contributed by atoms with Crippen LogP contribution in [0.1, 0.15) is 47.8 Å². The zero-order chi connectivity index (χ0) is 15.1. The Morgan fingerprint density at radius 3 is 2.91 bits per heavy atom. The van der Waals surface area contributed by atoms with Gasteiger partial charge in [0.1, 0.15) is 5.69 Å². The zero-order valence-electron chi connectivity index (χ0n) is 12.7. The number of aryl methyl sites for hydroxylation is 1. The van der Waals surface area contributed by atoms with Gasteiger partial charge in [-0.3, -0.25) is 9.48 Å². The summed E-state index contributed by atoms with van der Waals surface area (Å²) < 4.78 is 3.69. The Bertz CT molecular complexity index is 686. The van der Waals surface area contributed by atoms with Crippen molar-refractivity contribution in [2.75, 3.05) is 6.54 Å². The summed E-state index contributed by atoms with van der Waals surface area (Å²) >= 11 is 0. The average Bonchev–Trinajstić information content (AvgIpc) is 2.90. The van der Waals surface area contributed by atoms with Gasteiger partial charge in [-0.2, -0.15) is 0 Å². The number of carbonyl (C=O) groups excluding carboxylic acids is 1. The second-order valence-electron chi connectivity index (χ2n) is 6.36. The van der Waals surface area contributed by atoms with Crippen LogP contribution in [-0.4, -0.2) is 47.9 Å². The first-order valence-corrected chi connectivity index (χ1v) is 7.89. The third-order valence-electron chi connectivity index (χ3n) is 4.51. The molecule has 1 amide bonds. The van der Waals surface area contributed by atoms with Crippen LogP contribution in [0.4, 0.5) is 0 Å². The van der Waals surface area contributed by atoms with Crippen molar-refractivity contribution in [2.45, 2.75) is 44.2 Å². The molecule has 0 spiro atoms. The molecule has 0 radical (unpaired) electrons. The predicted octanol–water partition coefficient (Wildman–Crippen LogP) is 1.19. The fraction of sp³-hybridized carbons (Fsp3) is 0.600. The van der Waals surface area contributed by atoms with Gasteiger partial charge in [0.15, 0.2) is 0 Å². The fourth-order valence-corrected chi connectivity index (χ4v) is 3.15. The maximum absolute atomic E-state index is 12.6. The highest BCUT2D eigenvalue weighted by atomic mass is 16.2. The molecule has 4 rings (SSSR count). The molecule has 0 bridgehead atoms. The first-order chi connectivity index (χ1) is 10.7. The molecule has 0 unspecified atom stereocenters. The maximum atomic E-state index is 12.6. The van der Waals surface area contributed by atoms with E-state index >= 15 is 0 Å². The molecule has 22 heavy (non-hydrogen) atoms. The number of rotatable bonds is 4. The highest BCUT2D eigenvalue weighted by molar-refractivity contribution is 5.92. The van der Waals surface area contributed by atoms with E-state index in [4.69, 9.17) is 0 Å². The van der Waals surface area contributed by atoms with Gasteiger partial charge in [0, 0.05) is 31.9 Å². The van der Waals surface area contributed by atoms with E-state index in [-0.39, 0.29) is 11.9 Å². The Kier molecular flexibility index (Phi) is 3.20. The number of hydrogen-bond acceptors (Lipinski definition) is 4. The maximum Gasteiger partial charge on any atom is 0.274 e. The number of imidazole rings is 1. The molecular formula is C15H20N6O. The molecule has 2 aromatic heterocycles. The molecule has 116 valence electrons. The van der Waals surface area contributed by atoms with E-state index in [1.54, 1.807) is 17.1 Å². The van der Waals surface area contributed by atoms with Crippen molar-refractivity contribution in [1.82, 2.24) is 29.4 Å². The predicted molar refractivity (Wildman–Crippen MR) is 79.3 cm³/mol. The van der Waals surface area contributed by atoms with Crippen molar-refractivity contribution < 1.29 is 4.79 Å². The second-order valence-corrected chi connectivity index (χ2v) is 6.36. The van der Waals surface area contributed by atoms with Crippen LogP contribution in [0.15, 0.2) is 18.7 Å². The molecular weight excluding hydrogens is 280 g/mol. The molecule has 7 heteroatoms. The summed E-state index contributed by atoms with van der Waals surface area (Å²) in [5, 5.41) is 8.47. The molecule has 1 aliphatic carbocycles. The summed E-state index contributed by atoms with van der Waals surface area (Å²) in [6.07, 6.45) is 9.98. The Balaban J connectivity index is 1.46. The van der Waals surface area contributed by atoms with Crippen LogP contribution in [0.3, 0.4) is 0 Å². The summed E-state index contributed by atoms with van der Waals surface area (Å²) in [5.74, 6) is 0.634. The minimum atomic E-state index is 0.0191. The van der Waals surface area contributed by atoms with Gasteiger partial charge in [-0.25, -0.2) is 4.98 Å². The highest BCUT2D eigenvalue weighted by Gasteiger charge is 2.32. The van der Waals surface area contributed by atoms with Gasteiger partial charge in [0.05, 0.1) is 24.6 Å². The molecule has 3 heterocycles. The number of hydrogen-bond donors (Lipinski definition) is 0. The van der Waals surface area contributed by atoms with E-state index < -0.39 is 0 Å². The van der Waals surface area contributed by atoms with Crippen LogP contribution in [-0.2, 0) is 13.6 Å².